The number of nitrogens with zero attached hydrogens (tertiary/aromatic N) is 4. The first kappa shape index (κ1) is 25.3. The third kappa shape index (κ3) is 5.44. The van der Waals surface area contributed by atoms with Crippen LogP contribution in [0.4, 0.5) is 15.8 Å². The SMILES string of the molecule is C=O.Cc1ccccc1N(C)/N=C(\C=C/C=O)n1c(-c2ccc(F)cc2Cl)nc2cc(N)ccc21. The summed E-state index contributed by atoms with van der Waals surface area (Å²) in [5.41, 5.74) is 10.3. The molecule has 0 amide bonds. The number of hydrogen-bond acceptors (Lipinski definition) is 6. The number of nitrogens with two attached hydrogens (primary N) is 1. The number of benzene rings is 3. The van der Waals surface area contributed by atoms with Gasteiger partial charge in [-0.2, -0.15) is 5.10 Å². The molecule has 7 nitrogen and oxygen atoms in total. The summed E-state index contributed by atoms with van der Waals surface area (Å²) in [4.78, 5) is 23.9. The minimum Gasteiger partial charge on any atom is -0.399 e. The Morgan fingerprint density at radius 3 is 2.60 bits per heavy atom. The quantitative estimate of drug-likeness (QED) is 0.103. The highest BCUT2D eigenvalue weighted by Crippen LogP contribution is 2.32. The molecule has 0 unspecified atom stereocenters. The largest absolute Gasteiger partial charge is 0.399 e. The second-order valence-electron chi connectivity index (χ2n) is 7.41. The maximum Gasteiger partial charge on any atom is 0.159 e. The Morgan fingerprint density at radius 1 is 1.17 bits per heavy atom. The summed E-state index contributed by atoms with van der Waals surface area (Å²) in [6.07, 6.45) is 3.61. The van der Waals surface area contributed by atoms with E-state index < -0.39 is 5.82 Å². The van der Waals surface area contributed by atoms with Gasteiger partial charge in [-0.15, -0.1) is 0 Å². The van der Waals surface area contributed by atoms with Gasteiger partial charge in [0.15, 0.2) is 5.84 Å². The lowest BCUT2D eigenvalue weighted by Gasteiger charge is -2.18. The number of aromatic nitrogens is 2. The Kier molecular flexibility index (Phi) is 8.12. The van der Waals surface area contributed by atoms with Gasteiger partial charge in [-0.05, 0) is 67.1 Å². The number of carbonyl (C=O) groups is 2. The minimum absolute atomic E-state index is 0.200. The maximum atomic E-state index is 13.7. The van der Waals surface area contributed by atoms with Crippen molar-refractivity contribution in [3.63, 3.8) is 0 Å². The van der Waals surface area contributed by atoms with E-state index >= 15 is 0 Å². The van der Waals surface area contributed by atoms with Crippen molar-refractivity contribution >= 4 is 52.9 Å². The summed E-state index contributed by atoms with van der Waals surface area (Å²) in [7, 11) is 1.82. The van der Waals surface area contributed by atoms with E-state index in [1.807, 2.05) is 51.1 Å². The van der Waals surface area contributed by atoms with Crippen LogP contribution in [0.15, 0.2) is 77.9 Å². The first-order valence-electron chi connectivity index (χ1n) is 10.4. The van der Waals surface area contributed by atoms with Gasteiger partial charge in [0.05, 0.1) is 21.7 Å². The van der Waals surface area contributed by atoms with Crippen molar-refractivity contribution in [1.29, 1.82) is 0 Å². The molecule has 9 heteroatoms. The molecular formula is C26H23ClFN5O2. The minimum atomic E-state index is -0.454. The number of halogens is 2. The molecule has 2 N–H and O–H groups in total. The fourth-order valence-electron chi connectivity index (χ4n) is 3.59. The number of para-hydroxylation sites is 1. The molecule has 3 aromatic carbocycles. The smallest absolute Gasteiger partial charge is 0.159 e. The molecule has 4 rings (SSSR count). The number of aldehydes is 1. The molecular weight excluding hydrogens is 469 g/mol. The predicted molar refractivity (Wildman–Crippen MR) is 139 cm³/mol. The number of hydrogen-bond donors (Lipinski definition) is 1. The lowest BCUT2D eigenvalue weighted by molar-refractivity contribution is -0.104. The van der Waals surface area contributed by atoms with Gasteiger partial charge >= 0.3 is 0 Å². The van der Waals surface area contributed by atoms with Gasteiger partial charge in [0.1, 0.15) is 24.7 Å². The molecule has 35 heavy (non-hydrogen) atoms. The molecule has 4 aromatic rings. The summed E-state index contributed by atoms with van der Waals surface area (Å²) < 4.78 is 15.5. The van der Waals surface area contributed by atoms with Crippen molar-refractivity contribution in [1.82, 2.24) is 9.55 Å². The van der Waals surface area contributed by atoms with Crippen LogP contribution in [-0.2, 0) is 9.59 Å². The molecule has 0 aliphatic rings. The van der Waals surface area contributed by atoms with E-state index in [2.05, 4.69) is 0 Å². The molecule has 178 valence electrons. The van der Waals surface area contributed by atoms with Crippen molar-refractivity contribution in [2.24, 2.45) is 5.10 Å². The molecule has 0 saturated heterocycles. The maximum absolute atomic E-state index is 13.7. The fraction of sp³-hybridized carbons (Fsp3) is 0.0769. The monoisotopic (exact) mass is 491 g/mol. The third-order valence-corrected chi connectivity index (χ3v) is 5.43. The van der Waals surface area contributed by atoms with Crippen LogP contribution in [-0.4, -0.2) is 35.5 Å². The van der Waals surface area contributed by atoms with Gasteiger partial charge in [-0.3, -0.25) is 14.4 Å². The van der Waals surface area contributed by atoms with Crippen LogP contribution in [0.3, 0.4) is 0 Å². The number of rotatable bonds is 5. The van der Waals surface area contributed by atoms with Crippen molar-refractivity contribution in [3.05, 3.63) is 89.2 Å². The molecule has 0 atom stereocenters. The first-order chi connectivity index (χ1) is 16.9. The number of aryl methyl sites for hydroxylation is 1. The molecule has 0 aliphatic heterocycles. The van der Waals surface area contributed by atoms with E-state index in [9.17, 15) is 9.18 Å². The standard InChI is InChI=1S/C25H21ClFN5O.CH2O/c1-16-6-3-4-7-22(16)31(2)30-24(8-5-13-33)32-23-12-10-18(28)15-21(23)29-25(32)19-11-9-17(27)14-20(19)26;1-2/h3-15H,28H2,1-2H3;1H2/b8-5-,30-24+;. The number of allylic oxidation sites excluding steroid dienone is 2. The normalized spacial score (nSPS) is 11.4. The van der Waals surface area contributed by atoms with Crippen molar-refractivity contribution < 1.29 is 14.0 Å². The van der Waals surface area contributed by atoms with Crippen LogP contribution in [0.5, 0.6) is 0 Å². The molecule has 0 spiro atoms. The van der Waals surface area contributed by atoms with E-state index in [1.165, 1.54) is 18.2 Å². The van der Waals surface area contributed by atoms with Gasteiger partial charge in [0.25, 0.3) is 0 Å². The molecule has 0 bridgehead atoms. The lowest BCUT2D eigenvalue weighted by atomic mass is 10.2. The van der Waals surface area contributed by atoms with Crippen LogP contribution >= 0.6 is 11.6 Å². The fourth-order valence-corrected chi connectivity index (χ4v) is 3.84. The zero-order valence-corrected chi connectivity index (χ0v) is 19.9. The van der Waals surface area contributed by atoms with Crippen LogP contribution in [0, 0.1) is 12.7 Å². The number of anilines is 2. The molecule has 0 fully saturated rings. The van der Waals surface area contributed by atoms with E-state index in [0.29, 0.717) is 40.2 Å². The van der Waals surface area contributed by atoms with Gasteiger partial charge in [-0.25, -0.2) is 9.37 Å². The number of fused-ring (bicyclic) bond motifs is 1. The van der Waals surface area contributed by atoms with Crippen molar-refractivity contribution in [2.75, 3.05) is 17.8 Å². The number of hydrazone groups is 1. The summed E-state index contributed by atoms with van der Waals surface area (Å²) in [6, 6.07) is 17.2. The summed E-state index contributed by atoms with van der Waals surface area (Å²) in [5.74, 6) is 0.397. The van der Waals surface area contributed by atoms with E-state index in [0.717, 1.165) is 11.3 Å². The highest BCUT2D eigenvalue weighted by atomic mass is 35.5. The Labute approximate surface area is 206 Å². The van der Waals surface area contributed by atoms with Crippen LogP contribution in [0.1, 0.15) is 5.56 Å². The third-order valence-electron chi connectivity index (χ3n) is 5.12. The number of imidazole rings is 1. The van der Waals surface area contributed by atoms with E-state index in [-0.39, 0.29) is 5.02 Å². The van der Waals surface area contributed by atoms with Crippen LogP contribution < -0.4 is 10.7 Å². The van der Waals surface area contributed by atoms with E-state index in [4.69, 9.17) is 32.2 Å². The Hall–Kier alpha value is -4.30. The first-order valence-corrected chi connectivity index (χ1v) is 10.8. The van der Waals surface area contributed by atoms with Gasteiger partial charge in [0.2, 0.25) is 0 Å². The molecule has 0 radical (unpaired) electrons. The van der Waals surface area contributed by atoms with Gasteiger partial charge in [-0.1, -0.05) is 29.8 Å². The van der Waals surface area contributed by atoms with Crippen molar-refractivity contribution in [2.45, 2.75) is 6.92 Å². The molecule has 1 aromatic heterocycles. The van der Waals surface area contributed by atoms with Gasteiger partial charge in [0, 0.05) is 18.3 Å². The molecule has 0 saturated carbocycles. The van der Waals surface area contributed by atoms with E-state index in [1.54, 1.807) is 33.9 Å². The second kappa shape index (κ2) is 11.2. The molecule has 0 aliphatic carbocycles. The summed E-state index contributed by atoms with van der Waals surface area (Å²) >= 11 is 6.38. The zero-order valence-electron chi connectivity index (χ0n) is 19.2. The highest BCUT2D eigenvalue weighted by Gasteiger charge is 2.19. The number of nitrogen functional groups attached to an aromatic ring is 1. The topological polar surface area (TPSA) is 93.6 Å². The van der Waals surface area contributed by atoms with Crippen LogP contribution in [0.2, 0.25) is 5.02 Å². The summed E-state index contributed by atoms with van der Waals surface area (Å²) in [5, 5.41) is 6.69. The Balaban J connectivity index is 0.00000167. The number of carbonyl (C=O) groups excluding carboxylic acids is 2. The van der Waals surface area contributed by atoms with Gasteiger partial charge < -0.3 is 10.5 Å². The summed E-state index contributed by atoms with van der Waals surface area (Å²) in [6.45, 7) is 3.99. The predicted octanol–water partition coefficient (Wildman–Crippen LogP) is 5.25. The zero-order chi connectivity index (χ0) is 25.5. The average molecular weight is 492 g/mol. The average Bonchev–Trinajstić information content (AvgIpc) is 3.21. The Bertz CT molecular complexity index is 1430. The second-order valence-corrected chi connectivity index (χ2v) is 7.81. The lowest BCUT2D eigenvalue weighted by Crippen LogP contribution is -2.19. The highest BCUT2D eigenvalue weighted by molar-refractivity contribution is 6.33. The molecule has 1 heterocycles. The Morgan fingerprint density at radius 2 is 1.91 bits per heavy atom. The van der Waals surface area contributed by atoms with Crippen molar-refractivity contribution in [3.8, 4) is 11.4 Å². The van der Waals surface area contributed by atoms with Crippen LogP contribution in [0.25, 0.3) is 22.4 Å².